The summed E-state index contributed by atoms with van der Waals surface area (Å²) in [5.74, 6) is 0.859. The average molecular weight is 307 g/mol. The van der Waals surface area contributed by atoms with Crippen molar-refractivity contribution in [2.24, 2.45) is 0 Å². The molecule has 0 amide bonds. The van der Waals surface area contributed by atoms with Crippen molar-refractivity contribution in [2.45, 2.75) is 10.6 Å². The highest BCUT2D eigenvalue weighted by Gasteiger charge is 2.15. The third-order valence-electron chi connectivity index (χ3n) is 3.14. The monoisotopic (exact) mass is 307 g/mol. The first-order valence-electron chi connectivity index (χ1n) is 6.45. The predicted octanol–water partition coefficient (Wildman–Crippen LogP) is 2.49. The summed E-state index contributed by atoms with van der Waals surface area (Å²) in [4.78, 5) is 0.579. The first-order chi connectivity index (χ1) is 10.1. The van der Waals surface area contributed by atoms with Crippen LogP contribution in [0.15, 0.2) is 41.3 Å². The van der Waals surface area contributed by atoms with E-state index in [1.54, 1.807) is 30.3 Å². The molecule has 0 saturated heterocycles. The topological polar surface area (TPSA) is 61.6 Å². The van der Waals surface area contributed by atoms with Crippen LogP contribution in [0.3, 0.4) is 0 Å². The summed E-state index contributed by atoms with van der Waals surface area (Å²) in [5.41, 5.74) is 6.22. The maximum atomic E-state index is 13.7. The highest BCUT2D eigenvalue weighted by atomic mass is 32.2. The molecule has 1 aliphatic heterocycles. The zero-order valence-electron chi connectivity index (χ0n) is 11.2. The summed E-state index contributed by atoms with van der Waals surface area (Å²) in [6.45, 7) is 0.974. The molecule has 0 fully saturated rings. The van der Waals surface area contributed by atoms with Gasteiger partial charge in [0, 0.05) is 22.2 Å². The first-order valence-corrected chi connectivity index (χ1v) is 7.77. The number of hydrogen-bond donors (Lipinski definition) is 1. The van der Waals surface area contributed by atoms with Gasteiger partial charge in [0.2, 0.25) is 0 Å². The normalized spacial score (nSPS) is 14.7. The molecule has 0 spiro atoms. The Morgan fingerprint density at radius 1 is 1.10 bits per heavy atom. The van der Waals surface area contributed by atoms with Crippen LogP contribution in [0.5, 0.6) is 11.5 Å². The molecule has 4 nitrogen and oxygen atoms in total. The second-order valence-corrected chi connectivity index (χ2v) is 6.10. The lowest BCUT2D eigenvalue weighted by molar-refractivity contribution is 0.171. The molecular formula is C15H14FNO3S. The third-order valence-corrected chi connectivity index (χ3v) is 4.49. The molecular weight excluding hydrogens is 293 g/mol. The minimum atomic E-state index is -1.37. The van der Waals surface area contributed by atoms with E-state index in [9.17, 15) is 8.60 Å². The summed E-state index contributed by atoms with van der Waals surface area (Å²) in [5, 5.41) is 0. The van der Waals surface area contributed by atoms with Gasteiger partial charge in [-0.2, -0.15) is 0 Å². The average Bonchev–Trinajstić information content (AvgIpc) is 2.49. The van der Waals surface area contributed by atoms with Crippen LogP contribution in [0.25, 0.3) is 0 Å². The molecule has 0 saturated carbocycles. The van der Waals surface area contributed by atoms with Gasteiger partial charge in [0.1, 0.15) is 19.0 Å². The van der Waals surface area contributed by atoms with Gasteiger partial charge in [0.05, 0.1) is 16.6 Å². The second-order valence-electron chi connectivity index (χ2n) is 4.65. The lowest BCUT2D eigenvalue weighted by Gasteiger charge is -2.18. The van der Waals surface area contributed by atoms with E-state index in [4.69, 9.17) is 15.2 Å². The maximum absolute atomic E-state index is 13.7. The summed E-state index contributed by atoms with van der Waals surface area (Å²) in [7, 11) is -1.37. The molecule has 1 aliphatic rings. The maximum Gasteiger partial charge on any atom is 0.162 e. The largest absolute Gasteiger partial charge is 0.486 e. The van der Waals surface area contributed by atoms with Crippen LogP contribution in [0.4, 0.5) is 10.1 Å². The Morgan fingerprint density at radius 2 is 1.86 bits per heavy atom. The minimum absolute atomic E-state index is 0.0890. The number of ether oxygens (including phenoxy) is 2. The molecule has 1 heterocycles. The molecule has 1 unspecified atom stereocenters. The zero-order chi connectivity index (χ0) is 14.8. The Bertz CT molecular complexity index is 705. The standard InChI is InChI=1S/C15H14FNO3S/c16-13-7-11(17)2-1-10(13)9-21(18)12-3-4-14-15(8-12)20-6-5-19-14/h1-4,7-8H,5-6,9,17H2. The first kappa shape index (κ1) is 13.9. The summed E-state index contributed by atoms with van der Waals surface area (Å²) in [6.07, 6.45) is 0. The van der Waals surface area contributed by atoms with Crippen molar-refractivity contribution in [1.82, 2.24) is 0 Å². The van der Waals surface area contributed by atoms with Gasteiger partial charge in [0.15, 0.2) is 11.5 Å². The molecule has 0 bridgehead atoms. The van der Waals surface area contributed by atoms with Gasteiger partial charge in [0.25, 0.3) is 0 Å². The summed E-state index contributed by atoms with van der Waals surface area (Å²) < 4.78 is 37.0. The number of nitrogen functional groups attached to an aromatic ring is 1. The molecule has 3 rings (SSSR count). The van der Waals surface area contributed by atoms with E-state index in [1.807, 2.05) is 0 Å². The number of hydrogen-bond acceptors (Lipinski definition) is 4. The number of rotatable bonds is 3. The van der Waals surface area contributed by atoms with E-state index in [0.29, 0.717) is 40.9 Å². The van der Waals surface area contributed by atoms with Gasteiger partial charge in [-0.1, -0.05) is 6.07 Å². The van der Waals surface area contributed by atoms with E-state index in [1.165, 1.54) is 6.07 Å². The van der Waals surface area contributed by atoms with E-state index in [2.05, 4.69) is 0 Å². The van der Waals surface area contributed by atoms with E-state index in [-0.39, 0.29) is 5.75 Å². The highest BCUT2D eigenvalue weighted by molar-refractivity contribution is 7.84. The molecule has 110 valence electrons. The fourth-order valence-corrected chi connectivity index (χ4v) is 3.21. The van der Waals surface area contributed by atoms with Crippen LogP contribution in [0.2, 0.25) is 0 Å². The smallest absolute Gasteiger partial charge is 0.162 e. The van der Waals surface area contributed by atoms with Crippen LogP contribution < -0.4 is 15.2 Å². The Kier molecular flexibility index (Phi) is 3.79. The zero-order valence-corrected chi connectivity index (χ0v) is 12.0. The van der Waals surface area contributed by atoms with Crippen molar-refractivity contribution in [2.75, 3.05) is 18.9 Å². The molecule has 2 aromatic carbocycles. The number of nitrogens with two attached hydrogens (primary N) is 1. The van der Waals surface area contributed by atoms with Crippen molar-refractivity contribution in [3.63, 3.8) is 0 Å². The number of anilines is 1. The molecule has 2 aromatic rings. The molecule has 0 radical (unpaired) electrons. The van der Waals surface area contributed by atoms with Gasteiger partial charge >= 0.3 is 0 Å². The molecule has 1 atom stereocenters. The van der Waals surface area contributed by atoms with Gasteiger partial charge in [-0.15, -0.1) is 0 Å². The minimum Gasteiger partial charge on any atom is -0.486 e. The predicted molar refractivity (Wildman–Crippen MR) is 78.4 cm³/mol. The third kappa shape index (κ3) is 3.00. The van der Waals surface area contributed by atoms with E-state index >= 15 is 0 Å². The SMILES string of the molecule is Nc1ccc(CS(=O)c2ccc3c(c2)OCCO3)c(F)c1. The lowest BCUT2D eigenvalue weighted by atomic mass is 10.2. The highest BCUT2D eigenvalue weighted by Crippen LogP contribution is 2.32. The Labute approximate surface area is 124 Å². The van der Waals surface area contributed by atoms with Crippen LogP contribution in [0.1, 0.15) is 5.56 Å². The van der Waals surface area contributed by atoms with Crippen LogP contribution in [-0.4, -0.2) is 17.4 Å². The van der Waals surface area contributed by atoms with E-state index < -0.39 is 16.6 Å². The number of halogens is 1. The van der Waals surface area contributed by atoms with Crippen molar-refractivity contribution >= 4 is 16.5 Å². The Balaban J connectivity index is 1.82. The quantitative estimate of drug-likeness (QED) is 0.885. The number of fused-ring (bicyclic) bond motifs is 1. The molecule has 2 N–H and O–H groups in total. The van der Waals surface area contributed by atoms with Crippen LogP contribution in [-0.2, 0) is 16.6 Å². The fraction of sp³-hybridized carbons (Fsp3) is 0.200. The molecule has 21 heavy (non-hydrogen) atoms. The van der Waals surface area contributed by atoms with Gasteiger partial charge in [-0.25, -0.2) is 4.39 Å². The lowest BCUT2D eigenvalue weighted by Crippen LogP contribution is -2.15. The Morgan fingerprint density at radius 3 is 2.62 bits per heavy atom. The molecule has 0 aliphatic carbocycles. The van der Waals surface area contributed by atoms with Crippen molar-refractivity contribution in [3.8, 4) is 11.5 Å². The summed E-state index contributed by atoms with van der Waals surface area (Å²) >= 11 is 0. The van der Waals surface area contributed by atoms with Crippen molar-refractivity contribution < 1.29 is 18.1 Å². The van der Waals surface area contributed by atoms with Gasteiger partial charge in [-0.3, -0.25) is 4.21 Å². The van der Waals surface area contributed by atoms with Gasteiger partial charge in [-0.05, 0) is 24.3 Å². The number of benzene rings is 2. The molecule has 6 heteroatoms. The van der Waals surface area contributed by atoms with Crippen molar-refractivity contribution in [3.05, 3.63) is 47.8 Å². The summed E-state index contributed by atoms with van der Waals surface area (Å²) in [6, 6.07) is 9.50. The van der Waals surface area contributed by atoms with Gasteiger partial charge < -0.3 is 15.2 Å². The van der Waals surface area contributed by atoms with Crippen LogP contribution >= 0.6 is 0 Å². The Hall–Kier alpha value is -2.08. The van der Waals surface area contributed by atoms with Crippen molar-refractivity contribution in [1.29, 1.82) is 0 Å². The van der Waals surface area contributed by atoms with Crippen LogP contribution in [0, 0.1) is 5.82 Å². The van der Waals surface area contributed by atoms with E-state index in [0.717, 1.165) is 0 Å². The fourth-order valence-electron chi connectivity index (χ4n) is 2.07. The second kappa shape index (κ2) is 5.73. The molecule has 0 aromatic heterocycles.